The standard InChI is InChI=1S/C23H27N6O7P/c1-3-33-20(30)11-28-37(32,36-16-7-5-4-6-8-16)34-12-18-21(31)15(2)23(13-24,35-18)19-10-9-17-22(25)26-14-27-29(17)19/h4-10,14-15,18,21,31H,3,11-12H2,1-2H3,(H,28,32)(H2,25,26,27). The number of fused-ring (bicyclic) bond motifs is 1. The molecule has 1 aromatic carbocycles. The lowest BCUT2D eigenvalue weighted by atomic mass is 9.85. The van der Waals surface area contributed by atoms with Gasteiger partial charge in [0, 0.05) is 5.92 Å². The summed E-state index contributed by atoms with van der Waals surface area (Å²) in [4.78, 5) is 15.8. The predicted molar refractivity (Wildman–Crippen MR) is 130 cm³/mol. The molecule has 3 aromatic rings. The van der Waals surface area contributed by atoms with Gasteiger partial charge in [-0.3, -0.25) is 9.32 Å². The van der Waals surface area contributed by atoms with Crippen LogP contribution in [0, 0.1) is 17.2 Å². The molecule has 37 heavy (non-hydrogen) atoms. The topological polar surface area (TPSA) is 183 Å². The Hall–Kier alpha value is -3.53. The Labute approximate surface area is 212 Å². The van der Waals surface area contributed by atoms with Crippen LogP contribution in [0.15, 0.2) is 48.8 Å². The first-order valence-electron chi connectivity index (χ1n) is 11.5. The number of carbonyl (C=O) groups is 1. The average Bonchev–Trinajstić information content (AvgIpc) is 3.43. The van der Waals surface area contributed by atoms with E-state index in [9.17, 15) is 19.7 Å². The van der Waals surface area contributed by atoms with Crippen molar-refractivity contribution in [2.24, 2.45) is 5.92 Å². The first-order chi connectivity index (χ1) is 17.7. The van der Waals surface area contributed by atoms with Crippen molar-refractivity contribution in [3.63, 3.8) is 0 Å². The Bertz CT molecular complexity index is 1350. The minimum atomic E-state index is -4.14. The molecule has 14 heteroatoms. The van der Waals surface area contributed by atoms with Crippen molar-refractivity contribution in [3.05, 3.63) is 54.5 Å². The first kappa shape index (κ1) is 26.5. The fourth-order valence-corrected chi connectivity index (χ4v) is 5.37. The van der Waals surface area contributed by atoms with Crippen LogP contribution in [0.5, 0.6) is 5.75 Å². The number of aromatic nitrogens is 3. The average molecular weight is 530 g/mol. The Kier molecular flexibility index (Phi) is 7.77. The molecule has 4 N–H and O–H groups in total. The van der Waals surface area contributed by atoms with Gasteiger partial charge >= 0.3 is 13.7 Å². The van der Waals surface area contributed by atoms with Crippen LogP contribution in [-0.2, 0) is 29.0 Å². The van der Waals surface area contributed by atoms with Gasteiger partial charge < -0.3 is 24.8 Å². The molecule has 3 heterocycles. The number of esters is 1. The molecule has 4 rings (SSSR count). The molecule has 196 valence electrons. The van der Waals surface area contributed by atoms with Gasteiger partial charge in [-0.1, -0.05) is 25.1 Å². The van der Waals surface area contributed by atoms with Crippen LogP contribution in [0.2, 0.25) is 0 Å². The summed E-state index contributed by atoms with van der Waals surface area (Å²) in [6.07, 6.45) is -1.00. The van der Waals surface area contributed by atoms with Crippen LogP contribution in [0.3, 0.4) is 0 Å². The molecule has 5 atom stereocenters. The second kappa shape index (κ2) is 10.8. The lowest BCUT2D eigenvalue weighted by Crippen LogP contribution is -2.34. The van der Waals surface area contributed by atoms with Crippen molar-refractivity contribution < 1.29 is 33.0 Å². The molecule has 0 spiro atoms. The van der Waals surface area contributed by atoms with Gasteiger partial charge in [-0.15, -0.1) is 0 Å². The van der Waals surface area contributed by atoms with E-state index in [1.807, 2.05) is 0 Å². The third-order valence-electron chi connectivity index (χ3n) is 6.00. The fraction of sp³-hybridized carbons (Fsp3) is 0.391. The van der Waals surface area contributed by atoms with Crippen molar-refractivity contribution in [2.75, 3.05) is 25.5 Å². The monoisotopic (exact) mass is 530 g/mol. The molecule has 1 aliphatic heterocycles. The highest BCUT2D eigenvalue weighted by atomic mass is 31.2. The molecule has 0 aliphatic carbocycles. The maximum Gasteiger partial charge on any atom is 0.459 e. The normalized spacial score (nSPS) is 24.9. The van der Waals surface area contributed by atoms with Gasteiger partial charge in [-0.2, -0.15) is 10.4 Å². The second-order valence-electron chi connectivity index (χ2n) is 8.28. The zero-order valence-electron chi connectivity index (χ0n) is 20.2. The van der Waals surface area contributed by atoms with E-state index >= 15 is 0 Å². The number of rotatable bonds is 10. The number of nitrogens with one attached hydrogen (secondary N) is 1. The van der Waals surface area contributed by atoms with Gasteiger partial charge in [0.2, 0.25) is 5.60 Å². The Morgan fingerprint density at radius 3 is 2.81 bits per heavy atom. The van der Waals surface area contributed by atoms with Crippen LogP contribution >= 0.6 is 7.75 Å². The summed E-state index contributed by atoms with van der Waals surface area (Å²) in [6.45, 7) is 2.57. The maximum atomic E-state index is 13.5. The number of nitriles is 1. The van der Waals surface area contributed by atoms with E-state index in [0.717, 1.165) is 0 Å². The van der Waals surface area contributed by atoms with Crippen LogP contribution < -0.4 is 15.3 Å². The summed E-state index contributed by atoms with van der Waals surface area (Å²) in [6, 6.07) is 13.7. The zero-order valence-corrected chi connectivity index (χ0v) is 21.1. The molecule has 0 bridgehead atoms. The van der Waals surface area contributed by atoms with Crippen LogP contribution in [0.4, 0.5) is 5.82 Å². The fourth-order valence-electron chi connectivity index (χ4n) is 4.09. The number of para-hydroxylation sites is 1. The van der Waals surface area contributed by atoms with Gasteiger partial charge in [0.25, 0.3) is 0 Å². The number of hydrogen-bond donors (Lipinski definition) is 3. The van der Waals surface area contributed by atoms with Crippen molar-refractivity contribution in [1.82, 2.24) is 19.7 Å². The molecule has 13 nitrogen and oxygen atoms in total. The van der Waals surface area contributed by atoms with Crippen molar-refractivity contribution in [3.8, 4) is 11.8 Å². The third-order valence-corrected chi connectivity index (χ3v) is 7.49. The molecular formula is C23H27N6O7P. The SMILES string of the molecule is CCOC(=O)CNP(=O)(OCC1OC(C#N)(c2ccc3c(N)ncnn23)C(C)C1O)Oc1ccccc1. The quantitative estimate of drug-likeness (QED) is 0.255. The van der Waals surface area contributed by atoms with E-state index in [2.05, 4.69) is 21.2 Å². The number of benzene rings is 1. The number of carbonyl (C=O) groups excluding carboxylic acids is 1. The maximum absolute atomic E-state index is 13.5. The highest BCUT2D eigenvalue weighted by Gasteiger charge is 2.56. The van der Waals surface area contributed by atoms with Crippen LogP contribution in [-0.4, -0.2) is 57.6 Å². The van der Waals surface area contributed by atoms with Crippen molar-refractivity contribution in [2.45, 2.75) is 31.7 Å². The Balaban J connectivity index is 1.56. The predicted octanol–water partition coefficient (Wildman–Crippen LogP) is 1.78. The summed E-state index contributed by atoms with van der Waals surface area (Å²) < 4.78 is 37.0. The molecule has 1 fully saturated rings. The van der Waals surface area contributed by atoms with E-state index in [4.69, 9.17) is 24.3 Å². The Morgan fingerprint density at radius 2 is 2.11 bits per heavy atom. The largest absolute Gasteiger partial charge is 0.465 e. The van der Waals surface area contributed by atoms with E-state index in [0.29, 0.717) is 11.2 Å². The number of aliphatic hydroxyl groups is 1. The number of aliphatic hydroxyl groups excluding tert-OH is 1. The molecule has 2 aromatic heterocycles. The Morgan fingerprint density at radius 1 is 1.35 bits per heavy atom. The molecule has 1 aliphatic rings. The summed E-state index contributed by atoms with van der Waals surface area (Å²) in [5.41, 5.74) is 5.12. The minimum Gasteiger partial charge on any atom is -0.465 e. The number of nitrogens with zero attached hydrogens (tertiary/aromatic N) is 4. The molecule has 0 radical (unpaired) electrons. The molecule has 0 amide bonds. The molecule has 0 saturated carbocycles. The van der Waals surface area contributed by atoms with E-state index in [-0.39, 0.29) is 18.2 Å². The van der Waals surface area contributed by atoms with Gasteiger partial charge in [-0.25, -0.2) is 19.2 Å². The van der Waals surface area contributed by atoms with Gasteiger partial charge in [0.05, 0.1) is 25.0 Å². The molecule has 1 saturated heterocycles. The van der Waals surface area contributed by atoms with Gasteiger partial charge in [0.1, 0.15) is 36.3 Å². The van der Waals surface area contributed by atoms with E-state index < -0.39 is 50.6 Å². The minimum absolute atomic E-state index is 0.145. The summed E-state index contributed by atoms with van der Waals surface area (Å²) in [5.74, 6) is -0.945. The molecule has 5 unspecified atom stereocenters. The highest BCUT2D eigenvalue weighted by Crippen LogP contribution is 2.48. The summed E-state index contributed by atoms with van der Waals surface area (Å²) in [7, 11) is -4.14. The number of anilines is 1. The number of nitrogens with two attached hydrogens (primary N) is 1. The van der Waals surface area contributed by atoms with Crippen molar-refractivity contribution >= 4 is 25.1 Å². The van der Waals surface area contributed by atoms with Crippen molar-refractivity contribution in [1.29, 1.82) is 5.26 Å². The highest BCUT2D eigenvalue weighted by molar-refractivity contribution is 7.52. The van der Waals surface area contributed by atoms with Crippen LogP contribution in [0.25, 0.3) is 5.52 Å². The van der Waals surface area contributed by atoms with Gasteiger partial charge in [-0.05, 0) is 31.2 Å². The van der Waals surface area contributed by atoms with Gasteiger partial charge in [0.15, 0.2) is 5.82 Å². The smallest absolute Gasteiger partial charge is 0.459 e. The number of ether oxygens (including phenoxy) is 2. The number of nitrogen functional groups attached to an aromatic ring is 1. The summed E-state index contributed by atoms with van der Waals surface area (Å²) >= 11 is 0. The van der Waals surface area contributed by atoms with E-state index in [1.54, 1.807) is 56.3 Å². The lowest BCUT2D eigenvalue weighted by Gasteiger charge is -2.25. The van der Waals surface area contributed by atoms with E-state index in [1.165, 1.54) is 10.8 Å². The van der Waals surface area contributed by atoms with Crippen LogP contribution in [0.1, 0.15) is 19.5 Å². The third kappa shape index (κ3) is 5.29. The molecular weight excluding hydrogens is 503 g/mol. The second-order valence-corrected chi connectivity index (χ2v) is 10.0. The summed E-state index contributed by atoms with van der Waals surface area (Å²) in [5, 5.41) is 27.8. The zero-order chi connectivity index (χ0) is 26.6. The first-order valence-corrected chi connectivity index (χ1v) is 13.0. The number of hydrogen-bond acceptors (Lipinski definition) is 11. The lowest BCUT2D eigenvalue weighted by molar-refractivity contribution is -0.141.